The van der Waals surface area contributed by atoms with Crippen LogP contribution in [0, 0.1) is 5.82 Å². The predicted molar refractivity (Wildman–Crippen MR) is 103 cm³/mol. The van der Waals surface area contributed by atoms with Gasteiger partial charge >= 0.3 is 6.18 Å². The summed E-state index contributed by atoms with van der Waals surface area (Å²) in [6.07, 6.45) is 1.87. The maximum absolute atomic E-state index is 15.1. The number of hydrogen-bond acceptors (Lipinski definition) is 5. The van der Waals surface area contributed by atoms with Crippen LogP contribution in [0.1, 0.15) is 35.6 Å². The van der Waals surface area contributed by atoms with Crippen molar-refractivity contribution in [3.63, 3.8) is 0 Å². The molecule has 1 aliphatic rings. The Labute approximate surface area is 170 Å². The highest BCUT2D eigenvalue weighted by atomic mass is 19.4. The maximum Gasteiger partial charge on any atom is 0.416 e. The molecule has 0 radical (unpaired) electrons. The Morgan fingerprint density at radius 3 is 2.60 bits per heavy atom. The van der Waals surface area contributed by atoms with E-state index < -0.39 is 17.6 Å². The van der Waals surface area contributed by atoms with Crippen molar-refractivity contribution in [1.29, 1.82) is 0 Å². The van der Waals surface area contributed by atoms with Gasteiger partial charge in [0.25, 0.3) is 0 Å². The van der Waals surface area contributed by atoms with Crippen LogP contribution >= 0.6 is 0 Å². The molecule has 1 N–H and O–H groups in total. The highest BCUT2D eigenvalue weighted by molar-refractivity contribution is 5.53. The second kappa shape index (κ2) is 7.92. The Balaban J connectivity index is 1.55. The molecule has 0 amide bonds. The molecule has 3 aromatic rings. The van der Waals surface area contributed by atoms with E-state index in [2.05, 4.69) is 20.4 Å². The van der Waals surface area contributed by atoms with E-state index in [-0.39, 0.29) is 17.7 Å². The highest BCUT2D eigenvalue weighted by Gasteiger charge is 2.33. The van der Waals surface area contributed by atoms with Gasteiger partial charge in [-0.3, -0.25) is 4.68 Å². The number of benzene rings is 1. The smallest absolute Gasteiger partial charge is 0.363 e. The van der Waals surface area contributed by atoms with Crippen molar-refractivity contribution in [2.24, 2.45) is 7.05 Å². The van der Waals surface area contributed by atoms with Gasteiger partial charge in [0.1, 0.15) is 6.33 Å². The molecule has 2 aromatic heterocycles. The zero-order valence-corrected chi connectivity index (χ0v) is 16.2. The standard InChI is InChI=1S/C20H20F4N6/c1-29-11-13(10-28-29)9-25-18-17(21)19(27-12-26-18)30-8-2-3-16(30)14-4-6-15(7-5-14)20(22,23)24/h4-7,10-12,16H,2-3,8-9H2,1H3,(H,25,26,27). The molecule has 1 atom stereocenters. The lowest BCUT2D eigenvalue weighted by Gasteiger charge is -2.27. The minimum absolute atomic E-state index is 0.0712. The van der Waals surface area contributed by atoms with Crippen molar-refractivity contribution in [3.05, 3.63) is 65.5 Å². The number of halogens is 4. The molecule has 1 aromatic carbocycles. The number of aryl methyl sites for hydroxylation is 1. The number of nitrogens with zero attached hydrogens (tertiary/aromatic N) is 5. The Morgan fingerprint density at radius 2 is 1.93 bits per heavy atom. The molecule has 0 bridgehead atoms. The average molecular weight is 420 g/mol. The molecule has 10 heteroatoms. The molecule has 0 saturated carbocycles. The van der Waals surface area contributed by atoms with Crippen LogP contribution in [0.25, 0.3) is 0 Å². The monoisotopic (exact) mass is 420 g/mol. The van der Waals surface area contributed by atoms with E-state index in [9.17, 15) is 13.2 Å². The number of hydrogen-bond donors (Lipinski definition) is 1. The minimum atomic E-state index is -4.39. The third-order valence-electron chi connectivity index (χ3n) is 5.14. The van der Waals surface area contributed by atoms with Gasteiger partial charge in [0.2, 0.25) is 5.82 Å². The van der Waals surface area contributed by atoms with E-state index >= 15 is 4.39 Å². The van der Waals surface area contributed by atoms with Crippen LogP contribution in [-0.4, -0.2) is 26.3 Å². The zero-order valence-electron chi connectivity index (χ0n) is 16.2. The number of anilines is 2. The van der Waals surface area contributed by atoms with E-state index in [1.54, 1.807) is 22.8 Å². The molecule has 1 unspecified atom stereocenters. The Kier molecular flexibility index (Phi) is 5.31. The summed E-state index contributed by atoms with van der Waals surface area (Å²) < 4.78 is 55.3. The number of nitrogens with one attached hydrogen (secondary N) is 1. The second-order valence-corrected chi connectivity index (χ2v) is 7.21. The van der Waals surface area contributed by atoms with Crippen LogP contribution in [0.3, 0.4) is 0 Å². The number of rotatable bonds is 5. The first-order chi connectivity index (χ1) is 14.3. The second-order valence-electron chi connectivity index (χ2n) is 7.21. The molecule has 1 saturated heterocycles. The first-order valence-electron chi connectivity index (χ1n) is 9.48. The van der Waals surface area contributed by atoms with Crippen LogP contribution in [0.4, 0.5) is 29.2 Å². The molecular weight excluding hydrogens is 400 g/mol. The lowest BCUT2D eigenvalue weighted by atomic mass is 10.0. The summed E-state index contributed by atoms with van der Waals surface area (Å²) in [5.74, 6) is -0.372. The van der Waals surface area contributed by atoms with Crippen molar-refractivity contribution < 1.29 is 17.6 Å². The quantitative estimate of drug-likeness (QED) is 0.623. The molecule has 0 aliphatic carbocycles. The minimum Gasteiger partial charge on any atom is -0.363 e. The topological polar surface area (TPSA) is 58.9 Å². The summed E-state index contributed by atoms with van der Waals surface area (Å²) in [6, 6.07) is 4.77. The lowest BCUT2D eigenvalue weighted by molar-refractivity contribution is -0.137. The van der Waals surface area contributed by atoms with Crippen molar-refractivity contribution >= 4 is 11.6 Å². The molecule has 0 spiro atoms. The van der Waals surface area contributed by atoms with E-state index in [1.807, 2.05) is 6.20 Å². The van der Waals surface area contributed by atoms with Crippen LogP contribution in [-0.2, 0) is 19.8 Å². The van der Waals surface area contributed by atoms with Crippen LogP contribution in [0.5, 0.6) is 0 Å². The fourth-order valence-electron chi connectivity index (χ4n) is 3.69. The van der Waals surface area contributed by atoms with Gasteiger partial charge in [0.05, 0.1) is 17.8 Å². The SMILES string of the molecule is Cn1cc(CNc2ncnc(N3CCCC3c3ccc(C(F)(F)F)cc3)c2F)cn1. The molecule has 6 nitrogen and oxygen atoms in total. The van der Waals surface area contributed by atoms with Crippen LogP contribution < -0.4 is 10.2 Å². The summed E-state index contributed by atoms with van der Waals surface area (Å²) in [7, 11) is 1.79. The van der Waals surface area contributed by atoms with Gasteiger partial charge in [-0.2, -0.15) is 22.7 Å². The van der Waals surface area contributed by atoms with Crippen molar-refractivity contribution in [1.82, 2.24) is 19.7 Å². The fraction of sp³-hybridized carbons (Fsp3) is 0.350. The van der Waals surface area contributed by atoms with E-state index in [0.29, 0.717) is 25.1 Å². The van der Waals surface area contributed by atoms with Gasteiger partial charge in [0.15, 0.2) is 11.6 Å². The van der Waals surface area contributed by atoms with E-state index in [1.165, 1.54) is 18.5 Å². The summed E-state index contributed by atoms with van der Waals surface area (Å²) in [5.41, 5.74) is 0.871. The van der Waals surface area contributed by atoms with Crippen molar-refractivity contribution in [3.8, 4) is 0 Å². The molecule has 4 rings (SSSR count). The van der Waals surface area contributed by atoms with Gasteiger partial charge in [0, 0.05) is 31.9 Å². The fourth-order valence-corrected chi connectivity index (χ4v) is 3.69. The first kappa shape index (κ1) is 20.1. The Bertz CT molecular complexity index is 1010. The molecule has 30 heavy (non-hydrogen) atoms. The maximum atomic E-state index is 15.1. The molecule has 3 heterocycles. The van der Waals surface area contributed by atoms with E-state index in [4.69, 9.17) is 0 Å². The van der Waals surface area contributed by atoms with E-state index in [0.717, 1.165) is 24.1 Å². The number of aromatic nitrogens is 4. The average Bonchev–Trinajstić information content (AvgIpc) is 3.36. The summed E-state index contributed by atoms with van der Waals surface area (Å²) >= 11 is 0. The van der Waals surface area contributed by atoms with Gasteiger partial charge < -0.3 is 10.2 Å². The first-order valence-corrected chi connectivity index (χ1v) is 9.48. The number of alkyl halides is 3. The van der Waals surface area contributed by atoms with Crippen LogP contribution in [0.2, 0.25) is 0 Å². The molecular formula is C20H20F4N6. The largest absolute Gasteiger partial charge is 0.416 e. The molecule has 1 fully saturated rings. The summed E-state index contributed by atoms with van der Waals surface area (Å²) in [4.78, 5) is 9.90. The van der Waals surface area contributed by atoms with Gasteiger partial charge in [-0.1, -0.05) is 12.1 Å². The summed E-state index contributed by atoms with van der Waals surface area (Å²) in [5, 5.41) is 7.02. The normalized spacial score (nSPS) is 16.8. The lowest BCUT2D eigenvalue weighted by Crippen LogP contribution is -2.25. The van der Waals surface area contributed by atoms with Crippen molar-refractivity contribution in [2.75, 3.05) is 16.8 Å². The van der Waals surface area contributed by atoms with Gasteiger partial charge in [-0.15, -0.1) is 0 Å². The van der Waals surface area contributed by atoms with Crippen molar-refractivity contribution in [2.45, 2.75) is 31.6 Å². The van der Waals surface area contributed by atoms with Crippen LogP contribution in [0.15, 0.2) is 43.0 Å². The predicted octanol–water partition coefficient (Wildman–Crippen LogP) is 4.32. The molecule has 158 valence electrons. The third kappa shape index (κ3) is 4.07. The molecule has 1 aliphatic heterocycles. The summed E-state index contributed by atoms with van der Waals surface area (Å²) in [6.45, 7) is 0.908. The Morgan fingerprint density at radius 1 is 1.17 bits per heavy atom. The Hall–Kier alpha value is -3.17. The van der Waals surface area contributed by atoms with Gasteiger partial charge in [-0.05, 0) is 30.5 Å². The highest BCUT2D eigenvalue weighted by Crippen LogP contribution is 2.38. The van der Waals surface area contributed by atoms with Gasteiger partial charge in [-0.25, -0.2) is 9.97 Å². The zero-order chi connectivity index (χ0) is 21.3. The third-order valence-corrected chi connectivity index (χ3v) is 5.14.